The number of nitrogens with two attached hydrogens (primary N) is 1. The summed E-state index contributed by atoms with van der Waals surface area (Å²) in [5.74, 6) is -12.7. The van der Waals surface area contributed by atoms with E-state index >= 15 is 0 Å². The molecule has 0 spiro atoms. The van der Waals surface area contributed by atoms with Gasteiger partial charge in [0.05, 0.1) is 18.8 Å². The summed E-state index contributed by atoms with van der Waals surface area (Å²) in [5, 5.41) is 66.3. The van der Waals surface area contributed by atoms with Gasteiger partial charge in [-0.05, 0) is 53.8 Å². The number of imidazole rings is 1. The van der Waals surface area contributed by atoms with Gasteiger partial charge >= 0.3 is 17.9 Å². The van der Waals surface area contributed by atoms with Crippen LogP contribution in [0.1, 0.15) is 41.6 Å². The number of carboxylic acids is 3. The number of carboxylic acid groups (broad SMARTS) is 3. The van der Waals surface area contributed by atoms with Gasteiger partial charge in [-0.15, -0.1) is 0 Å². The molecule has 15 N–H and O–H groups in total. The fourth-order valence-electron chi connectivity index (χ4n) is 7.36. The number of nitrogens with zero attached hydrogens (tertiary/aromatic N) is 1. The van der Waals surface area contributed by atoms with E-state index in [9.17, 15) is 73.5 Å². The van der Waals surface area contributed by atoms with E-state index in [0.717, 1.165) is 21.6 Å². The number of aromatic amines is 1. The molecule has 1 aliphatic heterocycles. The number of aromatic hydroxyl groups is 2. The summed E-state index contributed by atoms with van der Waals surface area (Å²) in [6, 6.07) is 6.70. The topological polar surface area (TPSA) is 411 Å². The van der Waals surface area contributed by atoms with Crippen LogP contribution in [0.4, 0.5) is 0 Å². The van der Waals surface area contributed by atoms with Gasteiger partial charge in [-0.2, -0.15) is 0 Å². The Bertz CT molecular complexity index is 2650. The highest BCUT2D eigenvalue weighted by Gasteiger charge is 2.36. The molecule has 2 heterocycles. The molecule has 0 unspecified atom stereocenters. The lowest BCUT2D eigenvalue weighted by atomic mass is 10.0. The van der Waals surface area contributed by atoms with Gasteiger partial charge in [0.15, 0.2) is 0 Å². The largest absolute Gasteiger partial charge is 0.508 e. The quantitative estimate of drug-likeness (QED) is 0.0511. The van der Waals surface area contributed by atoms with Crippen LogP contribution in [0.15, 0.2) is 91.4 Å². The van der Waals surface area contributed by atoms with Crippen LogP contribution in [0.3, 0.4) is 0 Å². The van der Waals surface area contributed by atoms with E-state index in [4.69, 9.17) is 5.73 Å². The molecule has 1 aliphatic rings. The second-order valence-corrected chi connectivity index (χ2v) is 19.7. The van der Waals surface area contributed by atoms with Gasteiger partial charge in [-0.3, -0.25) is 43.2 Å². The van der Waals surface area contributed by atoms with E-state index in [0.29, 0.717) is 22.4 Å². The lowest BCUT2D eigenvalue weighted by Crippen LogP contribution is -2.61. The highest BCUT2D eigenvalue weighted by atomic mass is 33.1. The summed E-state index contributed by atoms with van der Waals surface area (Å²) in [7, 11) is 1.72. The number of hydrogen-bond donors (Lipinski definition) is 14. The number of hydrogen-bond acceptors (Lipinski definition) is 16. The highest BCUT2D eigenvalue weighted by Crippen LogP contribution is 2.24. The van der Waals surface area contributed by atoms with Crippen molar-refractivity contribution in [2.24, 2.45) is 5.73 Å². The molecular weight excluding hydrogens is 1020 g/mol. The number of aliphatic carboxylic acids is 3. The molecule has 0 saturated carbocycles. The van der Waals surface area contributed by atoms with Crippen molar-refractivity contribution in [2.75, 3.05) is 11.5 Å². The van der Waals surface area contributed by atoms with E-state index in [2.05, 4.69) is 47.2 Å². The van der Waals surface area contributed by atoms with Gasteiger partial charge in [0.25, 0.3) is 0 Å². The van der Waals surface area contributed by atoms with Crippen molar-refractivity contribution >= 4 is 80.8 Å². The Morgan fingerprint density at radius 2 is 1.19 bits per heavy atom. The fourth-order valence-corrected chi connectivity index (χ4v) is 9.69. The molecule has 0 aliphatic carbocycles. The van der Waals surface area contributed by atoms with E-state index < -0.39 is 127 Å². The summed E-state index contributed by atoms with van der Waals surface area (Å²) in [6.45, 7) is 0. The second-order valence-electron chi connectivity index (χ2n) is 17.2. The monoisotopic (exact) mass is 1080 g/mol. The summed E-state index contributed by atoms with van der Waals surface area (Å²) in [5.41, 5.74) is 7.98. The van der Waals surface area contributed by atoms with Crippen molar-refractivity contribution in [3.63, 3.8) is 0 Å². The summed E-state index contributed by atoms with van der Waals surface area (Å²) < 4.78 is 0. The number of phenols is 2. The van der Waals surface area contributed by atoms with Gasteiger partial charge < -0.3 is 73.5 Å². The van der Waals surface area contributed by atoms with Gasteiger partial charge in [-0.25, -0.2) is 9.78 Å². The van der Waals surface area contributed by atoms with E-state index in [-0.39, 0.29) is 48.7 Å². The van der Waals surface area contributed by atoms with Crippen LogP contribution in [0.25, 0.3) is 0 Å². The minimum Gasteiger partial charge on any atom is -0.508 e. The average molecular weight is 1080 g/mol. The third-order valence-corrected chi connectivity index (χ3v) is 13.8. The number of rotatable bonds is 18. The SMILES string of the molecule is N[C@@H](Cc1ccc(O)cc1)C(=O)N[C@H]1CSSC[C@@H](C(=O)N[C@@H](Cc2ccc(O)cc2)C(=O)O)NC(=O)[C@H](Cc2ccccc2)NC(=O)[C@H](Cc2cnc[nH]2)NC(=O)[C@H](CCC(=O)O)NC(=O)[C@H](CC(=O)O)NC1=O. The van der Waals surface area contributed by atoms with Crippen LogP contribution < -0.4 is 43.0 Å². The maximum absolute atomic E-state index is 14.5. The van der Waals surface area contributed by atoms with E-state index in [1.165, 1.54) is 61.1 Å². The molecule has 75 heavy (non-hydrogen) atoms. The smallest absolute Gasteiger partial charge is 0.326 e. The lowest BCUT2D eigenvalue weighted by Gasteiger charge is -2.28. The Morgan fingerprint density at radius 1 is 0.640 bits per heavy atom. The van der Waals surface area contributed by atoms with Crippen LogP contribution >= 0.6 is 21.6 Å². The maximum atomic E-state index is 14.5. The first-order valence-corrected chi connectivity index (χ1v) is 25.6. The molecule has 8 atom stereocenters. The van der Waals surface area contributed by atoms with E-state index in [1.54, 1.807) is 30.3 Å². The number of carbonyl (C=O) groups excluding carboxylic acids is 7. The van der Waals surface area contributed by atoms with Crippen molar-refractivity contribution in [3.8, 4) is 11.5 Å². The van der Waals surface area contributed by atoms with Crippen molar-refractivity contribution in [1.29, 1.82) is 0 Å². The standard InChI is InChI=1S/C48H56N10O15S2/c49-31(16-26-6-10-29(59)11-7-26)41(65)57-37-22-74-75-23-38(47(71)56-36(48(72)73)18-27-8-12-30(60)13-9-27)58-43(67)33(17-25-4-2-1-3-5-25)53-44(68)34(19-28-21-50-24-51-28)54-42(66)32(14-15-39(61)62)52-45(69)35(20-40(63)64)55-46(37)70/h1-13,21,24,31-38,59-60H,14-20,22-23,49H2,(H,50,51)(H,52,69)(H,53,68)(H,54,66)(H,55,70)(H,56,71)(H,57,65)(H,58,67)(H,61,62)(H,63,64)(H,72,73)/t31-,32-,33-,34-,35-,36-,37-,38-/m0/s1. The maximum Gasteiger partial charge on any atom is 0.326 e. The Kier molecular flexibility index (Phi) is 21.8. The third-order valence-electron chi connectivity index (χ3n) is 11.4. The minimum absolute atomic E-state index is 0.0524. The zero-order valence-electron chi connectivity index (χ0n) is 39.8. The molecule has 400 valence electrons. The van der Waals surface area contributed by atoms with Gasteiger partial charge in [-0.1, -0.05) is 76.2 Å². The van der Waals surface area contributed by atoms with Gasteiger partial charge in [0.2, 0.25) is 41.4 Å². The summed E-state index contributed by atoms with van der Waals surface area (Å²) >= 11 is 0. The predicted molar refractivity (Wildman–Crippen MR) is 269 cm³/mol. The molecule has 0 radical (unpaired) electrons. The molecule has 3 aromatic carbocycles. The van der Waals surface area contributed by atoms with Crippen molar-refractivity contribution in [1.82, 2.24) is 47.2 Å². The van der Waals surface area contributed by atoms with Crippen molar-refractivity contribution < 1.29 is 73.5 Å². The highest BCUT2D eigenvalue weighted by molar-refractivity contribution is 8.76. The first kappa shape index (κ1) is 57.7. The molecule has 0 bridgehead atoms. The predicted octanol–water partition coefficient (Wildman–Crippen LogP) is -1.37. The van der Waals surface area contributed by atoms with Crippen LogP contribution in [0.2, 0.25) is 0 Å². The molecule has 4 aromatic rings. The number of H-pyrrole nitrogens is 1. The molecule has 7 amide bonds. The molecule has 1 aromatic heterocycles. The Balaban J connectivity index is 1.55. The van der Waals surface area contributed by atoms with Crippen LogP contribution in [0, 0.1) is 0 Å². The van der Waals surface area contributed by atoms with Gasteiger partial charge in [0, 0.05) is 49.1 Å². The zero-order valence-corrected chi connectivity index (χ0v) is 41.4. The van der Waals surface area contributed by atoms with Crippen molar-refractivity contribution in [2.45, 2.75) is 93.3 Å². The number of nitrogens with one attached hydrogen (secondary N) is 8. The van der Waals surface area contributed by atoms with Crippen LogP contribution in [-0.4, -0.2) is 155 Å². The second kappa shape index (κ2) is 28.3. The first-order valence-electron chi connectivity index (χ1n) is 23.1. The van der Waals surface area contributed by atoms with E-state index in [1.807, 2.05) is 0 Å². The van der Waals surface area contributed by atoms with Gasteiger partial charge in [0.1, 0.15) is 53.8 Å². The minimum atomic E-state index is -1.96. The molecule has 27 heteroatoms. The van der Waals surface area contributed by atoms with Crippen LogP contribution in [-0.2, 0) is 73.6 Å². The molecule has 5 rings (SSSR count). The number of amides is 7. The average Bonchev–Trinajstić information content (AvgIpc) is 3.89. The number of phenolic OH excluding ortho intramolecular Hbond substituents is 2. The Labute approximate surface area is 435 Å². The lowest BCUT2D eigenvalue weighted by molar-refractivity contribution is -0.142. The third kappa shape index (κ3) is 19.0. The number of carbonyl (C=O) groups is 10. The fraction of sp³-hybridized carbons (Fsp3) is 0.354. The Hall–Kier alpha value is -8.17. The zero-order chi connectivity index (χ0) is 54.6. The Morgan fingerprint density at radius 3 is 1.77 bits per heavy atom. The first-order chi connectivity index (χ1) is 35.7. The normalized spacial score (nSPS) is 21.1. The number of benzene rings is 3. The van der Waals surface area contributed by atoms with Crippen molar-refractivity contribution in [3.05, 3.63) is 114 Å². The van der Waals surface area contributed by atoms with Crippen LogP contribution in [0.5, 0.6) is 11.5 Å². The summed E-state index contributed by atoms with van der Waals surface area (Å²) in [4.78, 5) is 142. The molecule has 25 nitrogen and oxygen atoms in total. The summed E-state index contributed by atoms with van der Waals surface area (Å²) in [6.07, 6.45) is -0.670. The molecular formula is C48H56N10O15S2. The molecule has 1 fully saturated rings. The molecule has 1 saturated heterocycles. The number of aromatic nitrogens is 2.